The summed E-state index contributed by atoms with van der Waals surface area (Å²) in [4.78, 5) is 33.7. The quantitative estimate of drug-likeness (QED) is 0.363. The smallest absolute Gasteiger partial charge is 0.358 e. The molecule has 9 heteroatoms. The molecule has 26 heavy (non-hydrogen) atoms. The SMILES string of the molecule is CCOC(=O)c1ncn2c1CN(C)C(=O)c1c-2ccc(N=[N+]=[N-])c1CC. The molecule has 0 spiro atoms. The summed E-state index contributed by atoms with van der Waals surface area (Å²) in [6, 6.07) is 3.37. The second kappa shape index (κ2) is 6.89. The highest BCUT2D eigenvalue weighted by Gasteiger charge is 2.31. The molecule has 0 fully saturated rings. The summed E-state index contributed by atoms with van der Waals surface area (Å²) in [6.45, 7) is 4.07. The van der Waals surface area contributed by atoms with Crippen LogP contribution in [0.1, 0.15) is 46.0 Å². The van der Waals surface area contributed by atoms with Gasteiger partial charge in [-0.3, -0.25) is 9.36 Å². The van der Waals surface area contributed by atoms with E-state index in [2.05, 4.69) is 15.0 Å². The van der Waals surface area contributed by atoms with Gasteiger partial charge in [0.15, 0.2) is 5.69 Å². The maximum Gasteiger partial charge on any atom is 0.358 e. The molecule has 0 aliphatic carbocycles. The van der Waals surface area contributed by atoms with E-state index < -0.39 is 5.97 Å². The Balaban J connectivity index is 2.28. The fourth-order valence-electron chi connectivity index (χ4n) is 3.15. The van der Waals surface area contributed by atoms with Gasteiger partial charge in [-0.05, 0) is 30.5 Å². The molecule has 0 radical (unpaired) electrons. The Hall–Kier alpha value is -3.32. The zero-order valence-corrected chi connectivity index (χ0v) is 14.8. The van der Waals surface area contributed by atoms with Crippen LogP contribution in [0.25, 0.3) is 16.1 Å². The van der Waals surface area contributed by atoms with Gasteiger partial charge >= 0.3 is 5.97 Å². The fraction of sp³-hybridized carbons (Fsp3) is 0.353. The molecule has 0 unspecified atom stereocenters. The molecule has 2 aromatic rings. The summed E-state index contributed by atoms with van der Waals surface area (Å²) in [7, 11) is 1.66. The number of fused-ring (bicyclic) bond motifs is 3. The first-order chi connectivity index (χ1) is 12.5. The predicted octanol–water partition coefficient (Wildman–Crippen LogP) is 3.14. The molecule has 1 aromatic heterocycles. The van der Waals surface area contributed by atoms with Crippen molar-refractivity contribution in [3.05, 3.63) is 51.4 Å². The van der Waals surface area contributed by atoms with Crippen molar-refractivity contribution in [2.24, 2.45) is 5.11 Å². The van der Waals surface area contributed by atoms with Gasteiger partial charge in [-0.2, -0.15) is 0 Å². The number of carbonyl (C=O) groups excluding carboxylic acids is 2. The van der Waals surface area contributed by atoms with E-state index in [-0.39, 0.29) is 24.8 Å². The summed E-state index contributed by atoms with van der Waals surface area (Å²) in [5.41, 5.74) is 11.7. The number of aromatic nitrogens is 2. The molecule has 0 saturated carbocycles. The number of imidazole rings is 1. The monoisotopic (exact) mass is 354 g/mol. The number of azide groups is 1. The summed E-state index contributed by atoms with van der Waals surface area (Å²) in [5, 5.41) is 3.70. The minimum absolute atomic E-state index is 0.191. The van der Waals surface area contributed by atoms with Crippen molar-refractivity contribution < 1.29 is 14.3 Å². The van der Waals surface area contributed by atoms with E-state index >= 15 is 0 Å². The Morgan fingerprint density at radius 3 is 2.85 bits per heavy atom. The molecular weight excluding hydrogens is 336 g/mol. The third-order valence-electron chi connectivity index (χ3n) is 4.31. The lowest BCUT2D eigenvalue weighted by molar-refractivity contribution is 0.0516. The molecule has 1 aliphatic rings. The number of ether oxygens (including phenoxy) is 1. The van der Waals surface area contributed by atoms with Crippen LogP contribution >= 0.6 is 0 Å². The fourth-order valence-corrected chi connectivity index (χ4v) is 3.15. The van der Waals surface area contributed by atoms with Crippen LogP contribution in [-0.2, 0) is 17.7 Å². The first-order valence-corrected chi connectivity index (χ1v) is 8.23. The largest absolute Gasteiger partial charge is 0.461 e. The molecule has 0 N–H and O–H groups in total. The van der Waals surface area contributed by atoms with Crippen LogP contribution in [0.5, 0.6) is 0 Å². The van der Waals surface area contributed by atoms with Crippen LogP contribution in [0.3, 0.4) is 0 Å². The summed E-state index contributed by atoms with van der Waals surface area (Å²) in [5.74, 6) is -0.725. The normalized spacial score (nSPS) is 12.7. The molecule has 9 nitrogen and oxygen atoms in total. The third-order valence-corrected chi connectivity index (χ3v) is 4.31. The summed E-state index contributed by atoms with van der Waals surface area (Å²) in [6.07, 6.45) is 2.03. The lowest BCUT2D eigenvalue weighted by Crippen LogP contribution is -2.26. The minimum Gasteiger partial charge on any atom is -0.461 e. The number of amides is 1. The van der Waals surface area contributed by atoms with E-state index in [0.717, 1.165) is 0 Å². The van der Waals surface area contributed by atoms with Crippen molar-refractivity contribution in [3.63, 3.8) is 0 Å². The number of hydrogen-bond donors (Lipinski definition) is 0. The van der Waals surface area contributed by atoms with Gasteiger partial charge < -0.3 is 9.64 Å². The summed E-state index contributed by atoms with van der Waals surface area (Å²) < 4.78 is 6.79. The van der Waals surface area contributed by atoms with Crippen molar-refractivity contribution in [2.45, 2.75) is 26.8 Å². The Bertz CT molecular complexity index is 942. The Labute approximate surface area is 149 Å². The van der Waals surface area contributed by atoms with Gasteiger partial charge in [0.2, 0.25) is 0 Å². The van der Waals surface area contributed by atoms with Gasteiger partial charge in [-0.25, -0.2) is 9.78 Å². The van der Waals surface area contributed by atoms with E-state index in [1.807, 2.05) is 6.92 Å². The Morgan fingerprint density at radius 2 is 2.19 bits per heavy atom. The standard InChI is InChI=1S/C17H18N6O3/c1-4-10-11(20-21-18)6-7-12-14(10)16(24)22(3)8-13-15(17(25)26-5-2)19-9-23(12)13/h6-7,9H,4-5,8H2,1-3H3. The van der Waals surface area contributed by atoms with E-state index in [4.69, 9.17) is 10.3 Å². The van der Waals surface area contributed by atoms with E-state index in [0.29, 0.717) is 34.6 Å². The third kappa shape index (κ3) is 2.68. The zero-order chi connectivity index (χ0) is 18.8. The lowest BCUT2D eigenvalue weighted by atomic mass is 10.00. The molecule has 2 heterocycles. The average molecular weight is 354 g/mol. The number of rotatable bonds is 4. The maximum absolute atomic E-state index is 13.0. The number of carbonyl (C=O) groups is 2. The second-order valence-corrected chi connectivity index (χ2v) is 5.79. The highest BCUT2D eigenvalue weighted by atomic mass is 16.5. The van der Waals surface area contributed by atoms with Gasteiger partial charge in [0.25, 0.3) is 5.91 Å². The van der Waals surface area contributed by atoms with E-state index in [9.17, 15) is 9.59 Å². The van der Waals surface area contributed by atoms with Crippen LogP contribution in [0.4, 0.5) is 5.69 Å². The lowest BCUT2D eigenvalue weighted by Gasteiger charge is -2.17. The van der Waals surface area contributed by atoms with E-state index in [1.165, 1.54) is 11.2 Å². The second-order valence-electron chi connectivity index (χ2n) is 5.79. The molecule has 0 atom stereocenters. The molecule has 1 amide bonds. The van der Waals surface area contributed by atoms with Crippen molar-refractivity contribution in [1.82, 2.24) is 14.5 Å². The highest BCUT2D eigenvalue weighted by Crippen LogP contribution is 2.33. The first-order valence-electron chi connectivity index (χ1n) is 8.23. The summed E-state index contributed by atoms with van der Waals surface area (Å²) >= 11 is 0. The molecule has 3 rings (SSSR count). The van der Waals surface area contributed by atoms with Crippen molar-refractivity contribution >= 4 is 17.6 Å². The van der Waals surface area contributed by atoms with Gasteiger partial charge in [-0.15, -0.1) is 0 Å². The van der Waals surface area contributed by atoms with Crippen molar-refractivity contribution in [1.29, 1.82) is 0 Å². The Morgan fingerprint density at radius 1 is 1.42 bits per heavy atom. The van der Waals surface area contributed by atoms with Crippen LogP contribution in [0, 0.1) is 0 Å². The molecular formula is C17H18N6O3. The number of nitrogens with zero attached hydrogens (tertiary/aromatic N) is 6. The molecule has 1 aliphatic heterocycles. The van der Waals surface area contributed by atoms with Crippen LogP contribution in [0.2, 0.25) is 0 Å². The van der Waals surface area contributed by atoms with Crippen molar-refractivity contribution in [3.8, 4) is 5.69 Å². The molecule has 134 valence electrons. The van der Waals surface area contributed by atoms with Gasteiger partial charge in [0.05, 0.1) is 30.1 Å². The predicted molar refractivity (Wildman–Crippen MR) is 93.5 cm³/mol. The molecule has 0 saturated heterocycles. The van der Waals surface area contributed by atoms with Gasteiger partial charge in [0, 0.05) is 17.6 Å². The topological polar surface area (TPSA) is 113 Å². The highest BCUT2D eigenvalue weighted by molar-refractivity contribution is 6.01. The first kappa shape index (κ1) is 17.5. The molecule has 0 bridgehead atoms. The van der Waals surface area contributed by atoms with E-state index in [1.54, 1.807) is 30.7 Å². The van der Waals surface area contributed by atoms with Crippen LogP contribution in [0.15, 0.2) is 23.6 Å². The zero-order valence-electron chi connectivity index (χ0n) is 14.8. The Kier molecular flexibility index (Phi) is 4.64. The van der Waals surface area contributed by atoms with Gasteiger partial charge in [0.1, 0.15) is 6.33 Å². The van der Waals surface area contributed by atoms with Crippen LogP contribution in [-0.4, -0.2) is 40.0 Å². The van der Waals surface area contributed by atoms with Crippen LogP contribution < -0.4 is 0 Å². The number of hydrogen-bond acceptors (Lipinski definition) is 5. The molecule has 1 aromatic carbocycles. The van der Waals surface area contributed by atoms with Gasteiger partial charge in [-0.1, -0.05) is 18.1 Å². The maximum atomic E-state index is 13.0. The van der Waals surface area contributed by atoms with Crippen molar-refractivity contribution in [2.75, 3.05) is 13.7 Å². The number of benzene rings is 1. The minimum atomic E-state index is -0.521. The average Bonchev–Trinajstić information content (AvgIpc) is 3.00. The number of esters is 1.